The quantitative estimate of drug-likeness (QED) is 0.880. The smallest absolute Gasteiger partial charge is 0.407 e. The van der Waals surface area contributed by atoms with Crippen molar-refractivity contribution in [1.82, 2.24) is 10.6 Å². The molecule has 1 aromatic carbocycles. The molecule has 1 saturated heterocycles. The summed E-state index contributed by atoms with van der Waals surface area (Å²) in [6.45, 7) is 3.01. The van der Waals surface area contributed by atoms with Crippen molar-refractivity contribution in [1.29, 1.82) is 0 Å². The van der Waals surface area contributed by atoms with Crippen LogP contribution >= 0.6 is 12.4 Å². The molecule has 1 unspecified atom stereocenters. The van der Waals surface area contributed by atoms with E-state index in [2.05, 4.69) is 10.6 Å². The van der Waals surface area contributed by atoms with Crippen molar-refractivity contribution in [3.63, 3.8) is 0 Å². The van der Waals surface area contributed by atoms with Crippen molar-refractivity contribution in [2.45, 2.75) is 12.6 Å². The third-order valence-electron chi connectivity index (χ3n) is 2.67. The molecule has 1 heterocycles. The molecule has 0 radical (unpaired) electrons. The number of carbonyl (C=O) groups excluding carboxylic acids is 1. The zero-order valence-electron chi connectivity index (χ0n) is 10.6. The van der Waals surface area contributed by atoms with E-state index in [-0.39, 0.29) is 25.1 Å². The monoisotopic (exact) mass is 286 g/mol. The molecule has 0 bridgehead atoms. The van der Waals surface area contributed by atoms with E-state index in [1.54, 1.807) is 0 Å². The fraction of sp³-hybridized carbons (Fsp3) is 0.462. The molecule has 1 atom stereocenters. The Morgan fingerprint density at radius 3 is 3.00 bits per heavy atom. The van der Waals surface area contributed by atoms with Crippen LogP contribution in [0.4, 0.5) is 4.79 Å². The molecule has 106 valence electrons. The number of nitrogens with one attached hydrogen (secondary N) is 2. The minimum Gasteiger partial charge on any atom is -0.445 e. The summed E-state index contributed by atoms with van der Waals surface area (Å²) in [6, 6.07) is 9.57. The van der Waals surface area contributed by atoms with Gasteiger partial charge < -0.3 is 20.1 Å². The highest BCUT2D eigenvalue weighted by Gasteiger charge is 2.15. The number of amides is 1. The van der Waals surface area contributed by atoms with Crippen LogP contribution in [0, 0.1) is 0 Å². The summed E-state index contributed by atoms with van der Waals surface area (Å²) in [5, 5.41) is 5.96. The zero-order valence-corrected chi connectivity index (χ0v) is 11.4. The van der Waals surface area contributed by atoms with E-state index < -0.39 is 6.09 Å². The van der Waals surface area contributed by atoms with Crippen LogP contribution in [0.15, 0.2) is 30.3 Å². The third kappa shape index (κ3) is 5.92. The predicted octanol–water partition coefficient (Wildman–Crippen LogP) is 1.32. The van der Waals surface area contributed by atoms with Crippen molar-refractivity contribution in [3.8, 4) is 0 Å². The van der Waals surface area contributed by atoms with E-state index in [9.17, 15) is 4.79 Å². The van der Waals surface area contributed by atoms with Crippen LogP contribution in [0.2, 0.25) is 0 Å². The maximum Gasteiger partial charge on any atom is 0.407 e. The van der Waals surface area contributed by atoms with Gasteiger partial charge >= 0.3 is 6.09 Å². The van der Waals surface area contributed by atoms with Gasteiger partial charge in [0.25, 0.3) is 0 Å². The molecule has 1 amide bonds. The zero-order chi connectivity index (χ0) is 12.6. The van der Waals surface area contributed by atoms with Gasteiger partial charge in [-0.05, 0) is 5.56 Å². The first-order valence-corrected chi connectivity index (χ1v) is 6.10. The SMILES string of the molecule is Cl.O=C(NC1CNCCOC1)OCc1ccccc1. The number of halogens is 1. The van der Waals surface area contributed by atoms with Crippen molar-refractivity contribution < 1.29 is 14.3 Å². The Labute approximate surface area is 119 Å². The van der Waals surface area contributed by atoms with Gasteiger partial charge in [0.15, 0.2) is 0 Å². The topological polar surface area (TPSA) is 59.6 Å². The van der Waals surface area contributed by atoms with Gasteiger partial charge in [0, 0.05) is 13.1 Å². The number of rotatable bonds is 3. The summed E-state index contributed by atoms with van der Waals surface area (Å²) < 4.78 is 10.5. The Kier molecular flexibility index (Phi) is 7.25. The number of hydrogen-bond acceptors (Lipinski definition) is 4. The van der Waals surface area contributed by atoms with Crippen LogP contribution in [0.5, 0.6) is 0 Å². The number of carbonyl (C=O) groups is 1. The summed E-state index contributed by atoms with van der Waals surface area (Å²) >= 11 is 0. The van der Waals surface area contributed by atoms with Crippen molar-refractivity contribution in [3.05, 3.63) is 35.9 Å². The van der Waals surface area contributed by atoms with E-state index in [0.717, 1.165) is 12.1 Å². The minimum absolute atomic E-state index is 0. The molecule has 2 rings (SSSR count). The Hall–Kier alpha value is -1.30. The predicted molar refractivity (Wildman–Crippen MR) is 74.5 cm³/mol. The van der Waals surface area contributed by atoms with Gasteiger partial charge in [-0.2, -0.15) is 0 Å². The first-order valence-electron chi connectivity index (χ1n) is 6.10. The molecule has 1 fully saturated rings. The van der Waals surface area contributed by atoms with Crippen LogP contribution in [-0.2, 0) is 16.1 Å². The minimum atomic E-state index is -0.406. The first kappa shape index (κ1) is 15.8. The highest BCUT2D eigenvalue weighted by molar-refractivity contribution is 5.85. The van der Waals surface area contributed by atoms with Gasteiger partial charge in [-0.15, -0.1) is 12.4 Å². The summed E-state index contributed by atoms with van der Waals surface area (Å²) in [6.07, 6.45) is -0.406. The van der Waals surface area contributed by atoms with E-state index in [4.69, 9.17) is 9.47 Å². The molecule has 0 aromatic heterocycles. The molecule has 0 aliphatic carbocycles. The lowest BCUT2D eigenvalue weighted by Crippen LogP contribution is -2.43. The average Bonchev–Trinajstić information content (AvgIpc) is 2.66. The van der Waals surface area contributed by atoms with Gasteiger partial charge in [0.2, 0.25) is 0 Å². The first-order chi connectivity index (χ1) is 8.84. The Bertz CT molecular complexity index is 367. The molecule has 0 saturated carbocycles. The maximum atomic E-state index is 11.6. The molecule has 19 heavy (non-hydrogen) atoms. The lowest BCUT2D eigenvalue weighted by molar-refractivity contribution is 0.112. The average molecular weight is 287 g/mol. The van der Waals surface area contributed by atoms with Crippen LogP contribution in [0.25, 0.3) is 0 Å². The van der Waals surface area contributed by atoms with Crippen LogP contribution in [-0.4, -0.2) is 38.4 Å². The third-order valence-corrected chi connectivity index (χ3v) is 2.67. The number of alkyl carbamates (subject to hydrolysis) is 1. The van der Waals surface area contributed by atoms with Gasteiger partial charge in [0.1, 0.15) is 6.61 Å². The lowest BCUT2D eigenvalue weighted by Gasteiger charge is -2.15. The van der Waals surface area contributed by atoms with E-state index in [0.29, 0.717) is 19.8 Å². The Balaban J connectivity index is 0.00000180. The molecule has 1 aliphatic rings. The van der Waals surface area contributed by atoms with E-state index in [1.807, 2.05) is 30.3 Å². The molecule has 1 aliphatic heterocycles. The van der Waals surface area contributed by atoms with Crippen molar-refractivity contribution in [2.75, 3.05) is 26.3 Å². The second-order valence-corrected chi connectivity index (χ2v) is 4.18. The van der Waals surface area contributed by atoms with Crippen molar-refractivity contribution >= 4 is 18.5 Å². The second-order valence-electron chi connectivity index (χ2n) is 4.18. The summed E-state index contributed by atoms with van der Waals surface area (Å²) in [7, 11) is 0. The molecule has 2 N–H and O–H groups in total. The fourth-order valence-electron chi connectivity index (χ4n) is 1.73. The number of benzene rings is 1. The maximum absolute atomic E-state index is 11.6. The molecular formula is C13H19ClN2O3. The Morgan fingerprint density at radius 1 is 1.42 bits per heavy atom. The van der Waals surface area contributed by atoms with Crippen LogP contribution < -0.4 is 10.6 Å². The summed E-state index contributed by atoms with van der Waals surface area (Å²) in [5.41, 5.74) is 0.975. The summed E-state index contributed by atoms with van der Waals surface area (Å²) in [5.74, 6) is 0. The molecule has 5 nitrogen and oxygen atoms in total. The van der Waals surface area contributed by atoms with Crippen LogP contribution in [0.3, 0.4) is 0 Å². The van der Waals surface area contributed by atoms with Crippen LogP contribution in [0.1, 0.15) is 5.56 Å². The van der Waals surface area contributed by atoms with E-state index in [1.165, 1.54) is 0 Å². The second kappa shape index (κ2) is 8.74. The molecule has 6 heteroatoms. The lowest BCUT2D eigenvalue weighted by atomic mass is 10.2. The number of hydrogen-bond donors (Lipinski definition) is 2. The summed E-state index contributed by atoms with van der Waals surface area (Å²) in [4.78, 5) is 11.6. The number of ether oxygens (including phenoxy) is 2. The fourth-order valence-corrected chi connectivity index (χ4v) is 1.73. The van der Waals surface area contributed by atoms with Gasteiger partial charge in [-0.25, -0.2) is 4.79 Å². The highest BCUT2D eigenvalue weighted by Crippen LogP contribution is 2.01. The standard InChI is InChI=1S/C13H18N2O3.ClH/c16-13(15-12-8-14-6-7-17-10-12)18-9-11-4-2-1-3-5-11;/h1-5,12,14H,6-10H2,(H,15,16);1H. The highest BCUT2D eigenvalue weighted by atomic mass is 35.5. The Morgan fingerprint density at radius 2 is 2.21 bits per heavy atom. The molecule has 0 spiro atoms. The molecule has 1 aromatic rings. The van der Waals surface area contributed by atoms with Gasteiger partial charge in [-0.3, -0.25) is 0 Å². The van der Waals surface area contributed by atoms with Gasteiger partial charge in [-0.1, -0.05) is 30.3 Å². The van der Waals surface area contributed by atoms with Gasteiger partial charge in [0.05, 0.1) is 19.3 Å². The largest absolute Gasteiger partial charge is 0.445 e. The van der Waals surface area contributed by atoms with Crippen molar-refractivity contribution in [2.24, 2.45) is 0 Å². The van der Waals surface area contributed by atoms with E-state index >= 15 is 0 Å². The normalized spacial score (nSPS) is 18.8. The molecular weight excluding hydrogens is 268 g/mol.